The van der Waals surface area contributed by atoms with Crippen LogP contribution in [0.1, 0.15) is 42.2 Å². The van der Waals surface area contributed by atoms with Gasteiger partial charge in [0.1, 0.15) is 5.71 Å². The van der Waals surface area contributed by atoms with E-state index in [0.29, 0.717) is 23.2 Å². The highest BCUT2D eigenvalue weighted by molar-refractivity contribution is 6.59. The van der Waals surface area contributed by atoms with E-state index in [4.69, 9.17) is 0 Å². The first-order chi connectivity index (χ1) is 18.1. The fourth-order valence-electron chi connectivity index (χ4n) is 5.34. The molecule has 1 aliphatic heterocycles. The van der Waals surface area contributed by atoms with E-state index in [2.05, 4.69) is 10.5 Å². The first-order valence-corrected chi connectivity index (χ1v) is 12.0. The van der Waals surface area contributed by atoms with E-state index in [1.807, 2.05) is 78.9 Å². The molecule has 0 atom stereocenters. The highest BCUT2D eigenvalue weighted by atomic mass is 16.2. The summed E-state index contributed by atoms with van der Waals surface area (Å²) in [5, 5.41) is 8.04. The van der Waals surface area contributed by atoms with Crippen molar-refractivity contribution in [3.05, 3.63) is 125 Å². The average molecular weight is 482 g/mol. The molecular formula is C31H19N3O3. The van der Waals surface area contributed by atoms with E-state index < -0.39 is 5.91 Å². The maximum Gasteiger partial charge on any atom is 0.271 e. The molecule has 1 heterocycles. The monoisotopic (exact) mass is 481 g/mol. The number of anilines is 1. The van der Waals surface area contributed by atoms with Gasteiger partial charge in [0, 0.05) is 33.0 Å². The van der Waals surface area contributed by atoms with E-state index in [1.54, 1.807) is 23.1 Å². The van der Waals surface area contributed by atoms with Crippen LogP contribution in [-0.2, 0) is 6.54 Å². The van der Waals surface area contributed by atoms with Crippen molar-refractivity contribution in [3.8, 4) is 0 Å². The first kappa shape index (κ1) is 21.2. The van der Waals surface area contributed by atoms with Crippen LogP contribution in [0.5, 0.6) is 0 Å². The van der Waals surface area contributed by atoms with Gasteiger partial charge in [0.2, 0.25) is 5.78 Å². The number of rotatable bonds is 4. The minimum atomic E-state index is -0.413. The van der Waals surface area contributed by atoms with E-state index in [0.717, 1.165) is 38.4 Å². The Labute approximate surface area is 211 Å². The van der Waals surface area contributed by atoms with Crippen LogP contribution in [0.2, 0.25) is 0 Å². The fraction of sp³-hybridized carbons (Fsp3) is 0.0323. The Balaban J connectivity index is 1.10. The van der Waals surface area contributed by atoms with Crippen LogP contribution >= 0.6 is 0 Å². The van der Waals surface area contributed by atoms with E-state index >= 15 is 0 Å². The van der Waals surface area contributed by atoms with E-state index in [1.165, 1.54) is 0 Å². The summed E-state index contributed by atoms with van der Waals surface area (Å²) in [5.74, 6) is -0.639. The summed E-state index contributed by atoms with van der Waals surface area (Å²) in [4.78, 5) is 40.5. The molecule has 2 aliphatic rings. The molecular weight excluding hydrogens is 462 g/mol. The molecule has 0 unspecified atom stereocenters. The Bertz CT molecular complexity index is 1830. The van der Waals surface area contributed by atoms with Gasteiger partial charge in [-0.05, 0) is 40.6 Å². The Morgan fingerprint density at radius 2 is 1.32 bits per heavy atom. The lowest BCUT2D eigenvalue weighted by Gasteiger charge is -2.18. The van der Waals surface area contributed by atoms with Gasteiger partial charge in [-0.3, -0.25) is 14.4 Å². The molecule has 1 N–H and O–H groups in total. The summed E-state index contributed by atoms with van der Waals surface area (Å²) in [5.41, 5.74) is 7.01. The molecule has 6 heteroatoms. The number of nitrogens with zero attached hydrogens (tertiary/aromatic N) is 2. The predicted octanol–water partition coefficient (Wildman–Crippen LogP) is 5.48. The van der Waals surface area contributed by atoms with Crippen molar-refractivity contribution in [2.24, 2.45) is 5.10 Å². The number of carbonyl (C=O) groups is 3. The zero-order valence-corrected chi connectivity index (χ0v) is 19.6. The Morgan fingerprint density at radius 3 is 2.05 bits per heavy atom. The quantitative estimate of drug-likeness (QED) is 0.345. The second-order valence-electron chi connectivity index (χ2n) is 9.21. The third-order valence-electron chi connectivity index (χ3n) is 7.09. The van der Waals surface area contributed by atoms with Gasteiger partial charge in [-0.1, -0.05) is 72.8 Å². The highest BCUT2D eigenvalue weighted by Crippen LogP contribution is 2.38. The second kappa shape index (κ2) is 7.96. The maximum atomic E-state index is 13.1. The van der Waals surface area contributed by atoms with Gasteiger partial charge in [0.05, 0.1) is 12.2 Å². The lowest BCUT2D eigenvalue weighted by atomic mass is 10.1. The lowest BCUT2D eigenvalue weighted by molar-refractivity contribution is 0.0952. The SMILES string of the molecule is O=C(NN=C1C(=O)c2cccc3cccc1c23)c1ccc(CN2C(=O)c3cccc4cccc2c34)cc1. The van der Waals surface area contributed by atoms with E-state index in [9.17, 15) is 14.4 Å². The Kier molecular flexibility index (Phi) is 4.56. The summed E-state index contributed by atoms with van der Waals surface area (Å²) in [7, 11) is 0. The van der Waals surface area contributed by atoms with Crippen molar-refractivity contribution in [2.75, 3.05) is 4.90 Å². The molecule has 6 nitrogen and oxygen atoms in total. The fourth-order valence-corrected chi connectivity index (χ4v) is 5.34. The highest BCUT2D eigenvalue weighted by Gasteiger charge is 2.30. The van der Waals surface area contributed by atoms with Crippen LogP contribution in [-0.4, -0.2) is 23.3 Å². The molecule has 5 aromatic rings. The molecule has 0 saturated carbocycles. The molecule has 0 aromatic heterocycles. The minimum absolute atomic E-state index is 0.0262. The Hall–Kier alpha value is -5.10. The summed E-state index contributed by atoms with van der Waals surface area (Å²) in [6.07, 6.45) is 0. The molecule has 7 rings (SSSR count). The van der Waals surface area contributed by atoms with Crippen LogP contribution in [0.25, 0.3) is 21.5 Å². The number of hydrogen-bond donors (Lipinski definition) is 1. The zero-order chi connectivity index (χ0) is 25.1. The number of ketones is 1. The lowest BCUT2D eigenvalue weighted by Crippen LogP contribution is -2.26. The van der Waals surface area contributed by atoms with Crippen molar-refractivity contribution in [3.63, 3.8) is 0 Å². The third-order valence-corrected chi connectivity index (χ3v) is 7.09. The van der Waals surface area contributed by atoms with Gasteiger partial charge in [-0.25, -0.2) is 5.43 Å². The van der Waals surface area contributed by atoms with Crippen LogP contribution in [0.3, 0.4) is 0 Å². The zero-order valence-electron chi connectivity index (χ0n) is 19.6. The first-order valence-electron chi connectivity index (χ1n) is 12.0. The minimum Gasteiger partial charge on any atom is -0.303 e. The van der Waals surface area contributed by atoms with Crippen molar-refractivity contribution >= 4 is 50.5 Å². The van der Waals surface area contributed by atoms with Gasteiger partial charge in [-0.2, -0.15) is 5.10 Å². The molecule has 1 aliphatic carbocycles. The number of amides is 2. The molecule has 0 radical (unpaired) electrons. The van der Waals surface area contributed by atoms with Crippen molar-refractivity contribution in [2.45, 2.75) is 6.54 Å². The number of benzene rings is 5. The van der Waals surface area contributed by atoms with Crippen LogP contribution < -0.4 is 10.3 Å². The molecule has 0 fully saturated rings. The smallest absolute Gasteiger partial charge is 0.271 e. The molecule has 0 saturated heterocycles. The van der Waals surface area contributed by atoms with Crippen molar-refractivity contribution in [1.82, 2.24) is 5.43 Å². The maximum absolute atomic E-state index is 13.1. The summed E-state index contributed by atoms with van der Waals surface area (Å²) < 4.78 is 0. The number of hydrazone groups is 1. The van der Waals surface area contributed by atoms with E-state index in [-0.39, 0.29) is 17.4 Å². The van der Waals surface area contributed by atoms with Crippen LogP contribution in [0, 0.1) is 0 Å². The molecule has 37 heavy (non-hydrogen) atoms. The van der Waals surface area contributed by atoms with Gasteiger partial charge < -0.3 is 4.90 Å². The standard InChI is InChI=1S/C31H19N3O3/c35-29-23-10-2-6-19-5-1-9-22(26(19)23)28(29)32-33-30(36)21-15-13-18(14-16-21)17-34-25-12-4-8-20-7-3-11-24(27(20)25)31(34)37/h1-16H,17H2,(H,33,36). The Morgan fingerprint density at radius 1 is 0.703 bits per heavy atom. The molecule has 0 bridgehead atoms. The number of nitrogens with one attached hydrogen (secondary N) is 1. The van der Waals surface area contributed by atoms with Gasteiger partial charge in [-0.15, -0.1) is 0 Å². The molecule has 2 amide bonds. The summed E-state index contributed by atoms with van der Waals surface area (Å²) in [6, 6.07) is 30.0. The summed E-state index contributed by atoms with van der Waals surface area (Å²) in [6.45, 7) is 0.396. The predicted molar refractivity (Wildman–Crippen MR) is 143 cm³/mol. The van der Waals surface area contributed by atoms with Crippen LogP contribution in [0.4, 0.5) is 5.69 Å². The number of Topliss-reactive ketones (excluding diaryl/α,β-unsaturated/α-hetero) is 1. The second-order valence-corrected chi connectivity index (χ2v) is 9.21. The van der Waals surface area contributed by atoms with Crippen LogP contribution in [0.15, 0.2) is 102 Å². The number of hydrogen-bond acceptors (Lipinski definition) is 4. The van der Waals surface area contributed by atoms with Crippen molar-refractivity contribution < 1.29 is 14.4 Å². The van der Waals surface area contributed by atoms with Crippen molar-refractivity contribution in [1.29, 1.82) is 0 Å². The number of carbonyl (C=O) groups excluding carboxylic acids is 3. The molecule has 176 valence electrons. The van der Waals surface area contributed by atoms with Gasteiger partial charge >= 0.3 is 0 Å². The molecule has 5 aromatic carbocycles. The normalized spacial score (nSPS) is 14.8. The average Bonchev–Trinajstić information content (AvgIpc) is 3.37. The largest absolute Gasteiger partial charge is 0.303 e. The molecule has 0 spiro atoms. The summed E-state index contributed by atoms with van der Waals surface area (Å²) >= 11 is 0. The van der Waals surface area contributed by atoms with Gasteiger partial charge in [0.15, 0.2) is 0 Å². The van der Waals surface area contributed by atoms with Gasteiger partial charge in [0.25, 0.3) is 11.8 Å². The third kappa shape index (κ3) is 3.19. The topological polar surface area (TPSA) is 78.8 Å².